The zero-order valence-corrected chi connectivity index (χ0v) is 20.7. The number of aliphatic imine (C=N–C) groups is 1. The van der Waals surface area contributed by atoms with Crippen molar-refractivity contribution in [2.45, 2.75) is 26.7 Å². The standard InChI is InChI=1S/C24H23BrN6O4/c1-12-7-15(25)19(8-13(12)2)31-22(33)14(21(32)29-24(31)35)11-26-18-9-16-17(28-23(34)27-16)10-20(18)30-5-3-4-6-30/h7-11,33H,3-6H2,1-2H3,(H2,27,28,34)(H,29,32,35). The maximum Gasteiger partial charge on any atom is 0.335 e. The lowest BCUT2D eigenvalue weighted by Gasteiger charge is -2.19. The van der Waals surface area contributed by atoms with Gasteiger partial charge in [0.25, 0.3) is 5.56 Å². The molecule has 0 spiro atoms. The first-order chi connectivity index (χ1) is 16.7. The molecule has 0 saturated carbocycles. The largest absolute Gasteiger partial charge is 0.493 e. The fourth-order valence-corrected chi connectivity index (χ4v) is 4.96. The number of H-pyrrole nitrogens is 3. The number of fused-ring (bicyclic) bond motifs is 1. The highest BCUT2D eigenvalue weighted by Crippen LogP contribution is 2.34. The number of nitrogens with zero attached hydrogens (tertiary/aromatic N) is 3. The quantitative estimate of drug-likeness (QED) is 0.295. The maximum atomic E-state index is 12.7. The van der Waals surface area contributed by atoms with E-state index in [0.717, 1.165) is 47.3 Å². The van der Waals surface area contributed by atoms with Gasteiger partial charge in [-0.25, -0.2) is 14.2 Å². The predicted octanol–water partition coefficient (Wildman–Crippen LogP) is 3.13. The molecule has 1 aliphatic heterocycles. The van der Waals surface area contributed by atoms with Gasteiger partial charge in [-0.1, -0.05) is 0 Å². The van der Waals surface area contributed by atoms with E-state index < -0.39 is 17.1 Å². The first-order valence-corrected chi connectivity index (χ1v) is 11.9. The summed E-state index contributed by atoms with van der Waals surface area (Å²) in [5, 5.41) is 11.0. The lowest BCUT2D eigenvalue weighted by molar-refractivity contribution is 0.430. The number of benzene rings is 2. The summed E-state index contributed by atoms with van der Waals surface area (Å²) in [6.45, 7) is 5.52. The zero-order chi connectivity index (χ0) is 24.9. The molecule has 5 rings (SSSR count). The molecule has 180 valence electrons. The Hall–Kier alpha value is -3.86. The summed E-state index contributed by atoms with van der Waals surface area (Å²) in [7, 11) is 0. The Kier molecular flexibility index (Phi) is 5.72. The molecular weight excluding hydrogens is 516 g/mol. The molecule has 2 aromatic carbocycles. The number of aromatic hydroxyl groups is 1. The van der Waals surface area contributed by atoms with E-state index in [-0.39, 0.29) is 11.3 Å². The van der Waals surface area contributed by atoms with E-state index >= 15 is 0 Å². The van der Waals surface area contributed by atoms with Gasteiger partial charge in [0.05, 0.1) is 28.1 Å². The number of aromatic amines is 3. The Morgan fingerprint density at radius 2 is 1.60 bits per heavy atom. The summed E-state index contributed by atoms with van der Waals surface area (Å²) >= 11 is 3.44. The van der Waals surface area contributed by atoms with Crippen LogP contribution in [-0.4, -0.2) is 43.9 Å². The molecule has 2 aromatic heterocycles. The molecule has 0 aliphatic carbocycles. The molecule has 0 unspecified atom stereocenters. The number of imidazole rings is 1. The third-order valence-corrected chi connectivity index (χ3v) is 6.95. The van der Waals surface area contributed by atoms with Crippen LogP contribution in [0.15, 0.2) is 48.1 Å². The van der Waals surface area contributed by atoms with Gasteiger partial charge in [-0.2, -0.15) is 0 Å². The smallest absolute Gasteiger partial charge is 0.335 e. The third-order valence-electron chi connectivity index (χ3n) is 6.32. The van der Waals surface area contributed by atoms with Crippen molar-refractivity contribution < 1.29 is 5.11 Å². The molecule has 0 atom stereocenters. The number of aryl methyl sites for hydroxylation is 2. The van der Waals surface area contributed by atoms with Crippen molar-refractivity contribution >= 4 is 44.6 Å². The highest BCUT2D eigenvalue weighted by molar-refractivity contribution is 9.10. The molecule has 3 heterocycles. The van der Waals surface area contributed by atoms with Crippen molar-refractivity contribution in [3.8, 4) is 11.6 Å². The van der Waals surface area contributed by atoms with Crippen LogP contribution in [0.4, 0.5) is 11.4 Å². The van der Waals surface area contributed by atoms with Crippen molar-refractivity contribution in [2.75, 3.05) is 18.0 Å². The summed E-state index contributed by atoms with van der Waals surface area (Å²) in [5.74, 6) is -0.523. The molecule has 4 aromatic rings. The first-order valence-electron chi connectivity index (χ1n) is 11.1. The Labute approximate surface area is 207 Å². The molecule has 1 fully saturated rings. The van der Waals surface area contributed by atoms with Crippen molar-refractivity contribution in [1.82, 2.24) is 19.5 Å². The minimum Gasteiger partial charge on any atom is -0.493 e. The number of halogens is 1. The highest BCUT2D eigenvalue weighted by Gasteiger charge is 2.19. The summed E-state index contributed by atoms with van der Waals surface area (Å²) in [5.41, 5.74) is 2.87. The molecule has 35 heavy (non-hydrogen) atoms. The van der Waals surface area contributed by atoms with Gasteiger partial charge in [0.15, 0.2) is 0 Å². The molecule has 1 aliphatic rings. The van der Waals surface area contributed by atoms with Crippen LogP contribution in [0.25, 0.3) is 16.7 Å². The first kappa shape index (κ1) is 22.9. The molecule has 10 nitrogen and oxygen atoms in total. The van der Waals surface area contributed by atoms with Crippen molar-refractivity contribution in [1.29, 1.82) is 0 Å². The Balaban J connectivity index is 1.66. The van der Waals surface area contributed by atoms with Crippen LogP contribution in [0.3, 0.4) is 0 Å². The number of anilines is 1. The van der Waals surface area contributed by atoms with E-state index in [9.17, 15) is 19.5 Å². The van der Waals surface area contributed by atoms with Crippen LogP contribution in [-0.2, 0) is 0 Å². The van der Waals surface area contributed by atoms with Gasteiger partial charge < -0.3 is 20.0 Å². The normalized spacial score (nSPS) is 14.0. The van der Waals surface area contributed by atoms with Crippen molar-refractivity contribution in [3.63, 3.8) is 0 Å². The van der Waals surface area contributed by atoms with Crippen LogP contribution in [0.2, 0.25) is 0 Å². The molecule has 4 N–H and O–H groups in total. The van der Waals surface area contributed by atoms with E-state index in [0.29, 0.717) is 26.9 Å². The fourth-order valence-electron chi connectivity index (χ4n) is 4.32. The zero-order valence-electron chi connectivity index (χ0n) is 19.1. The molecule has 11 heteroatoms. The Bertz CT molecular complexity index is 1670. The monoisotopic (exact) mass is 538 g/mol. The maximum absolute atomic E-state index is 12.7. The number of aromatic nitrogens is 4. The fraction of sp³-hybridized carbons (Fsp3) is 0.250. The Morgan fingerprint density at radius 3 is 2.31 bits per heavy atom. The van der Waals surface area contributed by atoms with Crippen LogP contribution in [0, 0.1) is 13.8 Å². The summed E-state index contributed by atoms with van der Waals surface area (Å²) < 4.78 is 1.62. The average Bonchev–Trinajstić information content (AvgIpc) is 3.45. The van der Waals surface area contributed by atoms with Crippen LogP contribution < -0.4 is 21.8 Å². The predicted molar refractivity (Wildman–Crippen MR) is 139 cm³/mol. The SMILES string of the molecule is Cc1cc(Br)c(-n2c(O)c(C=Nc3cc4[nH]c(=O)[nH]c4cc3N3CCCC3)c(=O)[nH]c2=O)cc1C. The van der Waals surface area contributed by atoms with Gasteiger partial charge in [-0.05, 0) is 78.0 Å². The second-order valence-electron chi connectivity index (χ2n) is 8.64. The topological polar surface area (TPSA) is 139 Å². The number of hydrogen-bond acceptors (Lipinski definition) is 6. The molecule has 0 radical (unpaired) electrons. The second-order valence-corrected chi connectivity index (χ2v) is 9.49. The molecular formula is C24H23BrN6O4. The van der Waals surface area contributed by atoms with Gasteiger partial charge in [0.1, 0.15) is 5.56 Å². The number of nitrogens with one attached hydrogen (secondary N) is 3. The van der Waals surface area contributed by atoms with Crippen molar-refractivity contribution in [2.24, 2.45) is 4.99 Å². The van der Waals surface area contributed by atoms with Gasteiger partial charge in [-0.3, -0.25) is 14.8 Å². The third kappa shape index (κ3) is 4.12. The van der Waals surface area contributed by atoms with Gasteiger partial charge >= 0.3 is 11.4 Å². The van der Waals surface area contributed by atoms with Gasteiger partial charge in [0.2, 0.25) is 5.88 Å². The number of hydrogen-bond donors (Lipinski definition) is 4. The van der Waals surface area contributed by atoms with E-state index in [1.54, 1.807) is 12.1 Å². The van der Waals surface area contributed by atoms with Gasteiger partial charge in [-0.15, -0.1) is 0 Å². The van der Waals surface area contributed by atoms with Gasteiger partial charge in [0, 0.05) is 23.8 Å². The average molecular weight is 539 g/mol. The summed E-state index contributed by atoms with van der Waals surface area (Å²) in [4.78, 5) is 51.5. The van der Waals surface area contributed by atoms with E-state index in [1.807, 2.05) is 26.0 Å². The van der Waals surface area contributed by atoms with Crippen LogP contribution in [0.1, 0.15) is 29.5 Å². The van der Waals surface area contributed by atoms with Crippen molar-refractivity contribution in [3.05, 3.63) is 76.8 Å². The summed E-state index contributed by atoms with van der Waals surface area (Å²) in [6, 6.07) is 7.16. The van der Waals surface area contributed by atoms with E-state index in [1.165, 1.54) is 6.21 Å². The second kappa shape index (κ2) is 8.73. The minimum atomic E-state index is -0.766. The minimum absolute atomic E-state index is 0.162. The van der Waals surface area contributed by atoms with E-state index in [4.69, 9.17) is 0 Å². The lowest BCUT2D eigenvalue weighted by Crippen LogP contribution is -2.31. The van der Waals surface area contributed by atoms with Crippen LogP contribution in [0.5, 0.6) is 5.88 Å². The summed E-state index contributed by atoms with van der Waals surface area (Å²) in [6.07, 6.45) is 3.33. The van der Waals surface area contributed by atoms with E-state index in [2.05, 4.69) is 40.8 Å². The highest BCUT2D eigenvalue weighted by atomic mass is 79.9. The lowest BCUT2D eigenvalue weighted by atomic mass is 10.1. The Morgan fingerprint density at radius 1 is 0.943 bits per heavy atom. The van der Waals surface area contributed by atoms with Crippen LogP contribution >= 0.6 is 15.9 Å². The number of rotatable bonds is 4. The molecule has 0 amide bonds. The molecule has 0 bridgehead atoms. The molecule has 1 saturated heterocycles.